The molecular formula is C18H25F2NO3. The van der Waals surface area contributed by atoms with Gasteiger partial charge in [-0.3, -0.25) is 0 Å². The summed E-state index contributed by atoms with van der Waals surface area (Å²) in [6, 6.07) is 3.02. The monoisotopic (exact) mass is 341 g/mol. The first-order chi connectivity index (χ1) is 11.2. The number of benzene rings is 1. The lowest BCUT2D eigenvalue weighted by molar-refractivity contribution is 0.00401. The first kappa shape index (κ1) is 18.6. The van der Waals surface area contributed by atoms with Crippen molar-refractivity contribution in [1.82, 2.24) is 4.90 Å². The molecule has 0 saturated carbocycles. The summed E-state index contributed by atoms with van der Waals surface area (Å²) in [6.07, 6.45) is 0.974. The summed E-state index contributed by atoms with van der Waals surface area (Å²) in [5, 5.41) is 10.4. The van der Waals surface area contributed by atoms with Gasteiger partial charge in [-0.2, -0.15) is 0 Å². The normalized spacial score (nSPS) is 19.4. The van der Waals surface area contributed by atoms with Crippen molar-refractivity contribution < 1.29 is 23.4 Å². The maximum atomic E-state index is 13.2. The lowest BCUT2D eigenvalue weighted by Crippen LogP contribution is -2.45. The topological polar surface area (TPSA) is 49.8 Å². The standard InChI is InChI=1S/C18H25F2NO3/c1-18(2,3)24-17(23)21-8-4-5-15(21)16(22)7-6-12-9-13(19)11-14(20)10-12/h9-11,15-16,22H,4-8H2,1-3H3/t15-,16+/m1/s1. The van der Waals surface area contributed by atoms with Crippen molar-refractivity contribution in [3.8, 4) is 0 Å². The highest BCUT2D eigenvalue weighted by molar-refractivity contribution is 5.69. The van der Waals surface area contributed by atoms with Crippen LogP contribution in [-0.4, -0.2) is 40.4 Å². The van der Waals surface area contributed by atoms with E-state index in [1.807, 2.05) is 0 Å². The van der Waals surface area contributed by atoms with Gasteiger partial charge in [0, 0.05) is 12.6 Å². The zero-order valence-corrected chi connectivity index (χ0v) is 14.4. The number of aliphatic hydroxyl groups is 1. The molecular weight excluding hydrogens is 316 g/mol. The Bertz CT molecular complexity index is 566. The van der Waals surface area contributed by atoms with Crippen LogP contribution in [0.25, 0.3) is 0 Å². The number of halogens is 2. The van der Waals surface area contributed by atoms with E-state index in [0.717, 1.165) is 12.5 Å². The third-order valence-electron chi connectivity index (χ3n) is 4.02. The summed E-state index contributed by atoms with van der Waals surface area (Å²) in [4.78, 5) is 13.8. The predicted octanol–water partition coefficient (Wildman–Crippen LogP) is 3.66. The second-order valence-corrected chi connectivity index (χ2v) is 7.27. The largest absolute Gasteiger partial charge is 0.444 e. The lowest BCUT2D eigenvalue weighted by Gasteiger charge is -2.31. The van der Waals surface area contributed by atoms with Gasteiger partial charge in [0.05, 0.1) is 12.1 Å². The van der Waals surface area contributed by atoms with Gasteiger partial charge in [-0.15, -0.1) is 0 Å². The number of amides is 1. The highest BCUT2D eigenvalue weighted by Gasteiger charge is 2.36. The molecule has 2 rings (SSSR count). The third kappa shape index (κ3) is 5.16. The maximum Gasteiger partial charge on any atom is 0.410 e. The second-order valence-electron chi connectivity index (χ2n) is 7.27. The van der Waals surface area contributed by atoms with Crippen LogP contribution >= 0.6 is 0 Å². The minimum absolute atomic E-state index is 0.321. The van der Waals surface area contributed by atoms with Crippen LogP contribution in [0.4, 0.5) is 13.6 Å². The average Bonchev–Trinajstić information content (AvgIpc) is 2.91. The average molecular weight is 341 g/mol. The summed E-state index contributed by atoms with van der Waals surface area (Å²) < 4.78 is 31.8. The first-order valence-electron chi connectivity index (χ1n) is 8.28. The molecule has 1 aromatic rings. The van der Waals surface area contributed by atoms with E-state index in [1.54, 1.807) is 25.7 Å². The summed E-state index contributed by atoms with van der Waals surface area (Å²) in [7, 11) is 0. The number of rotatable bonds is 4. The zero-order chi connectivity index (χ0) is 17.9. The van der Waals surface area contributed by atoms with Gasteiger partial charge in [0.2, 0.25) is 0 Å². The summed E-state index contributed by atoms with van der Waals surface area (Å²) in [5.41, 5.74) is -0.0952. The summed E-state index contributed by atoms with van der Waals surface area (Å²) >= 11 is 0. The van der Waals surface area contributed by atoms with E-state index >= 15 is 0 Å². The molecule has 0 unspecified atom stereocenters. The van der Waals surface area contributed by atoms with E-state index < -0.39 is 29.4 Å². The Kier molecular flexibility index (Phi) is 5.80. The molecule has 0 spiro atoms. The van der Waals surface area contributed by atoms with Crippen LogP contribution in [0.1, 0.15) is 45.6 Å². The van der Waals surface area contributed by atoms with Gasteiger partial charge in [-0.1, -0.05) is 0 Å². The fraction of sp³-hybridized carbons (Fsp3) is 0.611. The highest BCUT2D eigenvalue weighted by atomic mass is 19.1. The fourth-order valence-corrected chi connectivity index (χ4v) is 3.00. The first-order valence-corrected chi connectivity index (χ1v) is 8.28. The molecule has 0 aromatic heterocycles. The molecule has 0 radical (unpaired) electrons. The van der Waals surface area contributed by atoms with Gasteiger partial charge in [0.1, 0.15) is 17.2 Å². The number of aryl methyl sites for hydroxylation is 1. The van der Waals surface area contributed by atoms with Gasteiger partial charge in [-0.05, 0) is 64.2 Å². The van der Waals surface area contributed by atoms with E-state index in [1.165, 1.54) is 12.1 Å². The smallest absolute Gasteiger partial charge is 0.410 e. The molecule has 2 atom stereocenters. The molecule has 1 N–H and O–H groups in total. The predicted molar refractivity (Wildman–Crippen MR) is 86.6 cm³/mol. The quantitative estimate of drug-likeness (QED) is 0.909. The Hall–Kier alpha value is -1.69. The number of hydrogen-bond donors (Lipinski definition) is 1. The van der Waals surface area contributed by atoms with Gasteiger partial charge in [-0.25, -0.2) is 13.6 Å². The number of aliphatic hydroxyl groups excluding tert-OH is 1. The highest BCUT2D eigenvalue weighted by Crippen LogP contribution is 2.25. The number of hydrogen-bond acceptors (Lipinski definition) is 3. The minimum atomic E-state index is -0.758. The molecule has 0 bridgehead atoms. The number of carbonyl (C=O) groups excluding carboxylic acids is 1. The maximum absolute atomic E-state index is 13.2. The SMILES string of the molecule is CC(C)(C)OC(=O)N1CCC[C@@H]1[C@@H](O)CCc1cc(F)cc(F)c1. The zero-order valence-electron chi connectivity index (χ0n) is 14.4. The number of ether oxygens (including phenoxy) is 1. The Morgan fingerprint density at radius 2 is 1.96 bits per heavy atom. The Labute approximate surface area is 141 Å². The minimum Gasteiger partial charge on any atom is -0.444 e. The third-order valence-corrected chi connectivity index (χ3v) is 4.02. The number of carbonyl (C=O) groups is 1. The van der Waals surface area contributed by atoms with Crippen LogP contribution in [0, 0.1) is 11.6 Å². The van der Waals surface area contributed by atoms with E-state index in [4.69, 9.17) is 4.74 Å². The number of likely N-dealkylation sites (tertiary alicyclic amines) is 1. The van der Waals surface area contributed by atoms with Gasteiger partial charge < -0.3 is 14.7 Å². The molecule has 4 nitrogen and oxygen atoms in total. The Morgan fingerprint density at radius 3 is 2.54 bits per heavy atom. The Morgan fingerprint density at radius 1 is 1.33 bits per heavy atom. The molecule has 1 aliphatic rings. The molecule has 1 aliphatic heterocycles. The summed E-state index contributed by atoms with van der Waals surface area (Å²) in [5.74, 6) is -1.26. The van der Waals surface area contributed by atoms with E-state index in [0.29, 0.717) is 31.4 Å². The molecule has 0 aliphatic carbocycles. The van der Waals surface area contributed by atoms with Gasteiger partial charge in [0.25, 0.3) is 0 Å². The lowest BCUT2D eigenvalue weighted by atomic mass is 10.00. The van der Waals surface area contributed by atoms with Crippen molar-refractivity contribution in [1.29, 1.82) is 0 Å². The van der Waals surface area contributed by atoms with Crippen LogP contribution in [-0.2, 0) is 11.2 Å². The van der Waals surface area contributed by atoms with Crippen molar-refractivity contribution >= 4 is 6.09 Å². The molecule has 1 saturated heterocycles. The molecule has 24 heavy (non-hydrogen) atoms. The molecule has 1 aromatic carbocycles. The van der Waals surface area contributed by atoms with E-state index in [9.17, 15) is 18.7 Å². The Balaban J connectivity index is 1.95. The van der Waals surface area contributed by atoms with Crippen molar-refractivity contribution in [2.45, 2.75) is 64.2 Å². The molecule has 1 heterocycles. The second kappa shape index (κ2) is 7.47. The van der Waals surface area contributed by atoms with Crippen LogP contribution in [0.15, 0.2) is 18.2 Å². The summed E-state index contributed by atoms with van der Waals surface area (Å²) in [6.45, 7) is 5.94. The van der Waals surface area contributed by atoms with Crippen LogP contribution < -0.4 is 0 Å². The molecule has 1 amide bonds. The van der Waals surface area contributed by atoms with Crippen molar-refractivity contribution in [2.24, 2.45) is 0 Å². The van der Waals surface area contributed by atoms with E-state index in [-0.39, 0.29) is 6.04 Å². The van der Waals surface area contributed by atoms with Crippen LogP contribution in [0.3, 0.4) is 0 Å². The van der Waals surface area contributed by atoms with Crippen LogP contribution in [0.2, 0.25) is 0 Å². The molecule has 1 fully saturated rings. The van der Waals surface area contributed by atoms with Crippen LogP contribution in [0.5, 0.6) is 0 Å². The van der Waals surface area contributed by atoms with Gasteiger partial charge in [0.15, 0.2) is 0 Å². The number of nitrogens with zero attached hydrogens (tertiary/aromatic N) is 1. The van der Waals surface area contributed by atoms with Crippen molar-refractivity contribution in [2.75, 3.05) is 6.54 Å². The molecule has 134 valence electrons. The van der Waals surface area contributed by atoms with Crippen molar-refractivity contribution in [3.63, 3.8) is 0 Å². The fourth-order valence-electron chi connectivity index (χ4n) is 3.00. The van der Waals surface area contributed by atoms with E-state index in [2.05, 4.69) is 0 Å². The molecule has 6 heteroatoms. The van der Waals surface area contributed by atoms with Gasteiger partial charge >= 0.3 is 6.09 Å². The van der Waals surface area contributed by atoms with Crippen molar-refractivity contribution in [3.05, 3.63) is 35.4 Å².